The molecule has 5 nitrogen and oxygen atoms in total. The van der Waals surface area contributed by atoms with Crippen LogP contribution in [0.2, 0.25) is 0 Å². The quantitative estimate of drug-likeness (QED) is 0.947. The van der Waals surface area contributed by atoms with E-state index in [1.165, 1.54) is 0 Å². The van der Waals surface area contributed by atoms with Crippen molar-refractivity contribution in [2.75, 3.05) is 14.2 Å². The molecule has 0 spiro atoms. The third-order valence-electron chi connectivity index (χ3n) is 4.43. The summed E-state index contributed by atoms with van der Waals surface area (Å²) in [6.07, 6.45) is 0.982. The van der Waals surface area contributed by atoms with Gasteiger partial charge in [-0.1, -0.05) is 6.92 Å². The molecule has 1 aliphatic heterocycles. The number of benzene rings is 1. The van der Waals surface area contributed by atoms with Crippen molar-refractivity contribution in [3.63, 3.8) is 0 Å². The molecule has 2 aromatic rings. The van der Waals surface area contributed by atoms with Gasteiger partial charge in [-0.25, -0.2) is 4.98 Å². The van der Waals surface area contributed by atoms with Crippen molar-refractivity contribution in [1.82, 2.24) is 9.55 Å². The van der Waals surface area contributed by atoms with Gasteiger partial charge in [-0.2, -0.15) is 0 Å². The van der Waals surface area contributed by atoms with Crippen LogP contribution in [0.4, 0.5) is 0 Å². The van der Waals surface area contributed by atoms with Crippen molar-refractivity contribution in [2.45, 2.75) is 38.8 Å². The molecule has 2 unspecified atom stereocenters. The Labute approximate surface area is 131 Å². The van der Waals surface area contributed by atoms with Crippen LogP contribution in [0.25, 0.3) is 11.3 Å². The van der Waals surface area contributed by atoms with E-state index in [1.54, 1.807) is 14.2 Å². The zero-order chi connectivity index (χ0) is 15.9. The maximum Gasteiger partial charge on any atom is 0.132 e. The van der Waals surface area contributed by atoms with Crippen LogP contribution in [0.1, 0.15) is 30.8 Å². The average molecular weight is 301 g/mol. The van der Waals surface area contributed by atoms with Crippen molar-refractivity contribution in [3.05, 3.63) is 29.7 Å². The maximum absolute atomic E-state index is 6.16. The number of ether oxygens (including phenoxy) is 2. The zero-order valence-corrected chi connectivity index (χ0v) is 13.6. The first-order valence-electron chi connectivity index (χ1n) is 7.60. The summed E-state index contributed by atoms with van der Waals surface area (Å²) in [5.74, 6) is 3.04. The number of methoxy groups -OCH3 is 2. The molecule has 22 heavy (non-hydrogen) atoms. The van der Waals surface area contributed by atoms with Gasteiger partial charge in [0.1, 0.15) is 17.3 Å². The Kier molecular flexibility index (Phi) is 3.83. The molecular weight excluding hydrogens is 278 g/mol. The lowest BCUT2D eigenvalue weighted by Gasteiger charge is -2.26. The first-order chi connectivity index (χ1) is 10.5. The summed E-state index contributed by atoms with van der Waals surface area (Å²) in [5.41, 5.74) is 9.26. The number of fused-ring (bicyclic) bond motifs is 1. The summed E-state index contributed by atoms with van der Waals surface area (Å²) in [7, 11) is 3.32. The molecule has 0 fully saturated rings. The molecule has 3 rings (SSSR count). The van der Waals surface area contributed by atoms with Gasteiger partial charge in [0.05, 0.1) is 19.9 Å². The van der Waals surface area contributed by atoms with Crippen LogP contribution >= 0.6 is 0 Å². The number of aromatic nitrogens is 2. The van der Waals surface area contributed by atoms with E-state index in [1.807, 2.05) is 18.2 Å². The molecule has 1 aliphatic rings. The van der Waals surface area contributed by atoms with Crippen molar-refractivity contribution >= 4 is 0 Å². The van der Waals surface area contributed by atoms with E-state index < -0.39 is 0 Å². The largest absolute Gasteiger partial charge is 0.497 e. The summed E-state index contributed by atoms with van der Waals surface area (Å²) >= 11 is 0. The minimum atomic E-state index is 0.195. The monoisotopic (exact) mass is 301 g/mol. The van der Waals surface area contributed by atoms with E-state index >= 15 is 0 Å². The van der Waals surface area contributed by atoms with Gasteiger partial charge in [-0.15, -0.1) is 0 Å². The van der Waals surface area contributed by atoms with E-state index in [-0.39, 0.29) is 6.04 Å². The molecule has 1 aromatic carbocycles. The highest BCUT2D eigenvalue weighted by molar-refractivity contribution is 5.71. The Bertz CT molecular complexity index is 693. The lowest BCUT2D eigenvalue weighted by molar-refractivity contribution is 0.395. The molecular formula is C17H23N3O2. The highest BCUT2D eigenvalue weighted by atomic mass is 16.5. The van der Waals surface area contributed by atoms with Crippen LogP contribution < -0.4 is 15.2 Å². The van der Waals surface area contributed by atoms with Crippen LogP contribution in [0.5, 0.6) is 11.5 Å². The predicted octanol–water partition coefficient (Wildman–Crippen LogP) is 2.71. The lowest BCUT2D eigenvalue weighted by atomic mass is 9.98. The standard InChI is InChI=1S/C17H23N3O2/c1-10-7-12(18)9-20-11(2)16(19-17(10)20)14-6-5-13(21-3)8-15(14)22-4/h5-6,8,10,12H,7,9,18H2,1-4H3. The normalized spacial score (nSPS) is 20.6. The van der Waals surface area contributed by atoms with E-state index in [2.05, 4.69) is 18.4 Å². The summed E-state index contributed by atoms with van der Waals surface area (Å²) in [5, 5.41) is 0. The second-order valence-corrected chi connectivity index (χ2v) is 5.98. The Morgan fingerprint density at radius 2 is 2.05 bits per heavy atom. The molecule has 1 aromatic heterocycles. The van der Waals surface area contributed by atoms with E-state index in [4.69, 9.17) is 20.2 Å². The minimum Gasteiger partial charge on any atom is -0.497 e. The Hall–Kier alpha value is -2.01. The highest BCUT2D eigenvalue weighted by Gasteiger charge is 2.27. The maximum atomic E-state index is 6.16. The third kappa shape index (κ3) is 2.35. The molecule has 118 valence electrons. The fourth-order valence-corrected chi connectivity index (χ4v) is 3.28. The van der Waals surface area contributed by atoms with Crippen LogP contribution in [-0.2, 0) is 6.54 Å². The molecule has 0 saturated carbocycles. The highest BCUT2D eigenvalue weighted by Crippen LogP contribution is 2.37. The summed E-state index contributed by atoms with van der Waals surface area (Å²) < 4.78 is 13.0. The van der Waals surface area contributed by atoms with Gasteiger partial charge in [0.15, 0.2) is 0 Å². The van der Waals surface area contributed by atoms with Gasteiger partial charge in [0, 0.05) is 35.8 Å². The topological polar surface area (TPSA) is 62.3 Å². The van der Waals surface area contributed by atoms with Crippen molar-refractivity contribution < 1.29 is 9.47 Å². The molecule has 0 bridgehead atoms. The molecule has 2 atom stereocenters. The summed E-state index contributed by atoms with van der Waals surface area (Å²) in [6, 6.07) is 6.03. The number of imidazole rings is 1. The molecule has 0 aliphatic carbocycles. The fourth-order valence-electron chi connectivity index (χ4n) is 3.28. The van der Waals surface area contributed by atoms with Crippen molar-refractivity contribution in [2.24, 2.45) is 5.73 Å². The molecule has 2 heterocycles. The van der Waals surface area contributed by atoms with E-state index in [0.29, 0.717) is 5.92 Å². The number of hydrogen-bond acceptors (Lipinski definition) is 4. The Balaban J connectivity index is 2.12. The Morgan fingerprint density at radius 1 is 1.27 bits per heavy atom. The van der Waals surface area contributed by atoms with Gasteiger partial charge in [-0.3, -0.25) is 0 Å². The number of hydrogen-bond donors (Lipinski definition) is 1. The second kappa shape index (κ2) is 5.65. The third-order valence-corrected chi connectivity index (χ3v) is 4.43. The van der Waals surface area contributed by atoms with Gasteiger partial charge < -0.3 is 19.8 Å². The van der Waals surface area contributed by atoms with Gasteiger partial charge in [0.2, 0.25) is 0 Å². The number of rotatable bonds is 3. The molecule has 2 N–H and O–H groups in total. The zero-order valence-electron chi connectivity index (χ0n) is 13.6. The van der Waals surface area contributed by atoms with Gasteiger partial charge >= 0.3 is 0 Å². The summed E-state index contributed by atoms with van der Waals surface area (Å²) in [4.78, 5) is 4.89. The van der Waals surface area contributed by atoms with Crippen molar-refractivity contribution in [1.29, 1.82) is 0 Å². The number of nitrogens with zero attached hydrogens (tertiary/aromatic N) is 2. The van der Waals surface area contributed by atoms with Gasteiger partial charge in [-0.05, 0) is 25.5 Å². The smallest absolute Gasteiger partial charge is 0.132 e. The van der Waals surface area contributed by atoms with Crippen molar-refractivity contribution in [3.8, 4) is 22.8 Å². The summed E-state index contributed by atoms with van der Waals surface area (Å²) in [6.45, 7) is 5.11. The minimum absolute atomic E-state index is 0.195. The van der Waals surface area contributed by atoms with Crippen LogP contribution in [0, 0.1) is 6.92 Å². The Morgan fingerprint density at radius 3 is 2.73 bits per heavy atom. The average Bonchev–Trinajstić information content (AvgIpc) is 2.84. The predicted molar refractivity (Wildman–Crippen MR) is 86.5 cm³/mol. The second-order valence-electron chi connectivity index (χ2n) is 5.98. The SMILES string of the molecule is COc1ccc(-c2nc3n(c2C)CC(N)CC3C)c(OC)c1. The van der Waals surface area contributed by atoms with Crippen LogP contribution in [0.15, 0.2) is 18.2 Å². The molecule has 0 saturated heterocycles. The fraction of sp³-hybridized carbons (Fsp3) is 0.471. The number of nitrogens with two attached hydrogens (primary N) is 1. The van der Waals surface area contributed by atoms with E-state index in [0.717, 1.165) is 47.2 Å². The first-order valence-corrected chi connectivity index (χ1v) is 7.60. The first kappa shape index (κ1) is 14.9. The van der Waals surface area contributed by atoms with Gasteiger partial charge in [0.25, 0.3) is 0 Å². The van der Waals surface area contributed by atoms with Crippen LogP contribution in [0.3, 0.4) is 0 Å². The molecule has 0 amide bonds. The van der Waals surface area contributed by atoms with E-state index in [9.17, 15) is 0 Å². The molecule has 5 heteroatoms. The lowest BCUT2D eigenvalue weighted by Crippen LogP contribution is -2.34. The van der Waals surface area contributed by atoms with Crippen LogP contribution in [-0.4, -0.2) is 29.8 Å². The molecule has 0 radical (unpaired) electrons.